The number of nitrogens with zero attached hydrogens (tertiary/aromatic N) is 2. The number of allylic oxidation sites excluding steroid dienone is 2. The lowest BCUT2D eigenvalue weighted by Gasteiger charge is -2.60. The van der Waals surface area contributed by atoms with E-state index in [4.69, 9.17) is 20.9 Å². The standard InChI is InChI=1S/C34H34N4O8/c35-21(13-17-7-3-1-4-8-17)33(43)45-15-37-29(39)25-19-11-12-20(26(25)30(37)40)24-23(19)27-28(24)32(42)38(31(27)41)16-46-34(44)22(36)14-18-9-5-2-6-10-18/h1-12,19-28H,13-16,35-36H2/t19-,20-,21-,22-,23-,24-,25-,26+,27-,28-/m1/s1. The highest BCUT2D eigenvalue weighted by atomic mass is 16.6. The Morgan fingerprint density at radius 1 is 0.587 bits per heavy atom. The minimum absolute atomic E-state index is 0.242. The van der Waals surface area contributed by atoms with Crippen LogP contribution in [0.4, 0.5) is 0 Å². The number of ether oxygens (including phenoxy) is 2. The molecule has 2 bridgehead atoms. The summed E-state index contributed by atoms with van der Waals surface area (Å²) >= 11 is 0. The fourth-order valence-electron chi connectivity index (χ4n) is 8.35. The maximum atomic E-state index is 13.6. The number of fused-ring (bicyclic) bond motifs is 1. The molecular formula is C34H34N4O8. The lowest BCUT2D eigenvalue weighted by Crippen LogP contribution is -2.63. The molecule has 2 aromatic carbocycles. The van der Waals surface area contributed by atoms with Gasteiger partial charge in [-0.1, -0.05) is 72.8 Å². The molecular weight excluding hydrogens is 592 g/mol. The number of amides is 4. The number of benzene rings is 2. The van der Waals surface area contributed by atoms with Gasteiger partial charge in [-0.2, -0.15) is 0 Å². The third kappa shape index (κ3) is 4.74. The monoisotopic (exact) mass is 626 g/mol. The predicted molar refractivity (Wildman–Crippen MR) is 159 cm³/mol. The van der Waals surface area contributed by atoms with Crippen LogP contribution < -0.4 is 11.5 Å². The predicted octanol–water partition coefficient (Wildman–Crippen LogP) is 0.392. The molecule has 6 aliphatic rings. The zero-order valence-corrected chi connectivity index (χ0v) is 24.8. The van der Waals surface area contributed by atoms with Crippen molar-refractivity contribution in [2.75, 3.05) is 13.5 Å². The Morgan fingerprint density at radius 2 is 0.935 bits per heavy atom. The summed E-state index contributed by atoms with van der Waals surface area (Å²) in [6.45, 7) is -1.08. The highest BCUT2D eigenvalue weighted by Gasteiger charge is 2.75. The zero-order chi connectivity index (χ0) is 32.3. The molecule has 2 saturated heterocycles. The summed E-state index contributed by atoms with van der Waals surface area (Å²) in [5.41, 5.74) is 13.7. The SMILES string of the molecule is N[C@H](Cc1ccccc1)C(=O)OCN1C(=O)[C@@H]2[C@@H]3C=C[C@@H]([C@@H]2C1=O)[C@H]1[C@H]2C(=O)N(COC(=O)[C@H](N)Cc4ccccc4)C(=O)[C@@H]2[C@H]31. The molecule has 2 aliphatic heterocycles. The molecule has 0 aromatic heterocycles. The van der Waals surface area contributed by atoms with Crippen LogP contribution in [0.2, 0.25) is 0 Å². The second kappa shape index (κ2) is 11.6. The van der Waals surface area contributed by atoms with Gasteiger partial charge in [0.25, 0.3) is 0 Å². The molecule has 12 heteroatoms. The number of carbonyl (C=O) groups is 6. The summed E-state index contributed by atoms with van der Waals surface area (Å²) in [5.74, 6) is -7.53. The average molecular weight is 627 g/mol. The van der Waals surface area contributed by atoms with Gasteiger partial charge in [0.05, 0.1) is 23.7 Å². The Hall–Kier alpha value is -4.68. The molecule has 238 valence electrons. The van der Waals surface area contributed by atoms with Gasteiger partial charge in [-0.15, -0.1) is 0 Å². The minimum Gasteiger partial charge on any atom is -0.443 e. The largest absolute Gasteiger partial charge is 0.443 e. The van der Waals surface area contributed by atoms with E-state index in [-0.39, 0.29) is 24.7 Å². The van der Waals surface area contributed by atoms with Gasteiger partial charge in [-0.05, 0) is 47.6 Å². The molecule has 4 amide bonds. The normalized spacial score (nSPS) is 31.6. The fourth-order valence-corrected chi connectivity index (χ4v) is 8.35. The van der Waals surface area contributed by atoms with Gasteiger partial charge in [0.2, 0.25) is 23.6 Å². The van der Waals surface area contributed by atoms with Crippen LogP contribution in [-0.4, -0.2) is 70.9 Å². The van der Waals surface area contributed by atoms with E-state index in [9.17, 15) is 28.8 Å². The van der Waals surface area contributed by atoms with Gasteiger partial charge >= 0.3 is 11.9 Å². The molecule has 4 fully saturated rings. The van der Waals surface area contributed by atoms with E-state index in [0.717, 1.165) is 20.9 Å². The lowest BCUT2D eigenvalue weighted by atomic mass is 9.40. The lowest BCUT2D eigenvalue weighted by molar-refractivity contribution is -0.166. The maximum absolute atomic E-state index is 13.6. The summed E-state index contributed by atoms with van der Waals surface area (Å²) in [7, 11) is 0. The average Bonchev–Trinajstić information content (AvgIpc) is 3.42. The first-order valence-electron chi connectivity index (χ1n) is 15.5. The Kier molecular flexibility index (Phi) is 7.56. The number of hydrogen-bond acceptors (Lipinski definition) is 10. The maximum Gasteiger partial charge on any atom is 0.324 e. The van der Waals surface area contributed by atoms with Crippen molar-refractivity contribution in [2.24, 2.45) is 58.8 Å². The molecule has 4 N–H and O–H groups in total. The highest BCUT2D eigenvalue weighted by Crippen LogP contribution is 2.68. The zero-order valence-electron chi connectivity index (χ0n) is 24.8. The van der Waals surface area contributed by atoms with Crippen LogP contribution >= 0.6 is 0 Å². The van der Waals surface area contributed by atoms with Crippen LogP contribution in [-0.2, 0) is 51.1 Å². The number of esters is 2. The third-order valence-corrected chi connectivity index (χ3v) is 10.4. The van der Waals surface area contributed by atoms with Gasteiger partial charge in [0.1, 0.15) is 12.1 Å². The number of nitrogens with two attached hydrogens (primary N) is 2. The number of rotatable bonds is 10. The van der Waals surface area contributed by atoms with Crippen molar-refractivity contribution in [1.29, 1.82) is 0 Å². The van der Waals surface area contributed by atoms with Crippen molar-refractivity contribution < 1.29 is 38.2 Å². The second-order valence-corrected chi connectivity index (χ2v) is 12.8. The van der Waals surface area contributed by atoms with Gasteiger partial charge in [-0.3, -0.25) is 28.8 Å². The third-order valence-electron chi connectivity index (χ3n) is 10.4. The van der Waals surface area contributed by atoms with Crippen molar-refractivity contribution >= 4 is 35.6 Å². The quantitative estimate of drug-likeness (QED) is 0.213. The van der Waals surface area contributed by atoms with Gasteiger partial charge < -0.3 is 20.9 Å². The molecule has 2 saturated carbocycles. The van der Waals surface area contributed by atoms with E-state index < -0.39 is 96.6 Å². The first-order chi connectivity index (χ1) is 22.2. The van der Waals surface area contributed by atoms with Crippen LogP contribution in [0.15, 0.2) is 72.8 Å². The van der Waals surface area contributed by atoms with Crippen LogP contribution in [0.3, 0.4) is 0 Å². The molecule has 0 spiro atoms. The smallest absolute Gasteiger partial charge is 0.324 e. The first kappa shape index (κ1) is 30.0. The van der Waals surface area contributed by atoms with Crippen molar-refractivity contribution in [2.45, 2.75) is 24.9 Å². The van der Waals surface area contributed by atoms with Crippen molar-refractivity contribution in [1.82, 2.24) is 9.80 Å². The molecule has 8 rings (SSSR count). The molecule has 10 atom stereocenters. The van der Waals surface area contributed by atoms with E-state index in [2.05, 4.69) is 0 Å². The minimum atomic E-state index is -0.968. The van der Waals surface area contributed by atoms with Crippen LogP contribution in [0.25, 0.3) is 0 Å². The number of imide groups is 2. The summed E-state index contributed by atoms with van der Waals surface area (Å²) in [5, 5.41) is 0. The van der Waals surface area contributed by atoms with Crippen LogP contribution in [0.1, 0.15) is 11.1 Å². The van der Waals surface area contributed by atoms with E-state index in [0.29, 0.717) is 0 Å². The summed E-state index contributed by atoms with van der Waals surface area (Å²) < 4.78 is 10.6. The molecule has 2 heterocycles. The Balaban J connectivity index is 0.988. The summed E-state index contributed by atoms with van der Waals surface area (Å²) in [4.78, 5) is 81.3. The fraction of sp³-hybridized carbons (Fsp3) is 0.412. The van der Waals surface area contributed by atoms with Gasteiger partial charge in [0.15, 0.2) is 13.5 Å². The second-order valence-electron chi connectivity index (χ2n) is 12.8. The van der Waals surface area contributed by atoms with Crippen molar-refractivity contribution in [3.05, 3.63) is 83.9 Å². The van der Waals surface area contributed by atoms with Gasteiger partial charge in [-0.25, -0.2) is 9.80 Å². The van der Waals surface area contributed by atoms with Gasteiger partial charge in [0, 0.05) is 0 Å². The van der Waals surface area contributed by atoms with Crippen molar-refractivity contribution in [3.8, 4) is 0 Å². The highest BCUT2D eigenvalue weighted by molar-refractivity contribution is 6.09. The topological polar surface area (TPSA) is 179 Å². The number of hydrogen-bond donors (Lipinski definition) is 2. The van der Waals surface area contributed by atoms with E-state index in [1.54, 1.807) is 0 Å². The molecule has 46 heavy (non-hydrogen) atoms. The molecule has 2 aromatic rings. The molecule has 4 aliphatic carbocycles. The molecule has 12 nitrogen and oxygen atoms in total. The Labute approximate surface area is 264 Å². The Morgan fingerprint density at radius 3 is 1.30 bits per heavy atom. The summed E-state index contributed by atoms with van der Waals surface area (Å²) in [6, 6.07) is 16.4. The molecule has 0 radical (unpaired) electrons. The number of carbonyl (C=O) groups excluding carboxylic acids is 6. The van der Waals surface area contributed by atoms with E-state index >= 15 is 0 Å². The Bertz CT molecular complexity index is 1570. The van der Waals surface area contributed by atoms with Crippen molar-refractivity contribution in [3.63, 3.8) is 0 Å². The van der Waals surface area contributed by atoms with E-state index in [1.807, 2.05) is 72.8 Å². The summed E-state index contributed by atoms with van der Waals surface area (Å²) in [6.07, 6.45) is 4.24. The van der Waals surface area contributed by atoms with Crippen LogP contribution in [0, 0.1) is 47.3 Å². The van der Waals surface area contributed by atoms with E-state index in [1.165, 1.54) is 0 Å². The van der Waals surface area contributed by atoms with Crippen LogP contribution in [0.5, 0.6) is 0 Å². The first-order valence-corrected chi connectivity index (χ1v) is 15.5. The number of likely N-dealkylation sites (tertiary alicyclic amines) is 2. The molecule has 0 unspecified atom stereocenters.